The van der Waals surface area contributed by atoms with Crippen molar-refractivity contribution >= 4 is 51.5 Å². The van der Waals surface area contributed by atoms with Crippen LogP contribution in [0.4, 0.5) is 5.69 Å². The molecule has 4 aromatic rings. The summed E-state index contributed by atoms with van der Waals surface area (Å²) in [5.41, 5.74) is 4.49. The molecule has 35 heavy (non-hydrogen) atoms. The van der Waals surface area contributed by atoms with Gasteiger partial charge in [-0.1, -0.05) is 42.5 Å². The zero-order valence-corrected chi connectivity index (χ0v) is 19.6. The van der Waals surface area contributed by atoms with E-state index in [2.05, 4.69) is 12.1 Å². The van der Waals surface area contributed by atoms with Crippen LogP contribution in [0, 0.1) is 11.3 Å². The van der Waals surface area contributed by atoms with E-state index in [1.807, 2.05) is 47.8 Å². The number of anilines is 1. The van der Waals surface area contributed by atoms with Gasteiger partial charge in [0.2, 0.25) is 0 Å². The van der Waals surface area contributed by atoms with E-state index in [9.17, 15) is 14.9 Å². The van der Waals surface area contributed by atoms with Crippen molar-refractivity contribution in [3.8, 4) is 6.07 Å². The van der Waals surface area contributed by atoms with Gasteiger partial charge in [-0.25, -0.2) is 9.78 Å². The molecule has 2 aromatic heterocycles. The average molecular weight is 480 g/mol. The van der Waals surface area contributed by atoms with Gasteiger partial charge >= 0.3 is 5.97 Å². The second-order valence-corrected chi connectivity index (χ2v) is 9.05. The molecule has 1 aliphatic rings. The van der Waals surface area contributed by atoms with Crippen molar-refractivity contribution in [2.45, 2.75) is 12.8 Å². The number of carbonyl (C=O) groups is 2. The van der Waals surface area contributed by atoms with Crippen LogP contribution in [0.15, 0.2) is 72.1 Å². The van der Waals surface area contributed by atoms with Gasteiger partial charge in [-0.3, -0.25) is 9.69 Å². The first-order valence-corrected chi connectivity index (χ1v) is 12.1. The molecule has 6 nitrogen and oxygen atoms in total. The lowest BCUT2D eigenvalue weighted by Gasteiger charge is -2.20. The molecule has 0 fully saturated rings. The van der Waals surface area contributed by atoms with E-state index < -0.39 is 18.5 Å². The Hall–Kier alpha value is -4.28. The van der Waals surface area contributed by atoms with E-state index in [0.717, 1.165) is 28.1 Å². The number of hydrogen-bond donors (Lipinski definition) is 0. The number of pyridine rings is 1. The van der Waals surface area contributed by atoms with Crippen molar-refractivity contribution in [2.24, 2.45) is 0 Å². The van der Waals surface area contributed by atoms with Gasteiger partial charge in [0.1, 0.15) is 6.54 Å². The van der Waals surface area contributed by atoms with Crippen LogP contribution in [-0.2, 0) is 16.0 Å². The third-order valence-corrected chi connectivity index (χ3v) is 6.75. The standard InChI is InChI=1S/C28H21N3O3S/c29-14-15-31(20-7-2-1-3-8-20)25(32)18-34-28(33)26-22-10-4-5-11-24(22)30-27-19(12-13-23(26)27)17-21-9-6-16-35-21/h1-11,16-17H,12-13,15,18H2/b19-17+. The fourth-order valence-electron chi connectivity index (χ4n) is 4.34. The summed E-state index contributed by atoms with van der Waals surface area (Å²) in [6, 6.07) is 22.4. The Labute approximate surface area is 206 Å². The number of carbonyl (C=O) groups excluding carboxylic acids is 2. The van der Waals surface area contributed by atoms with E-state index in [1.54, 1.807) is 35.6 Å². The summed E-state index contributed by atoms with van der Waals surface area (Å²) in [5, 5.41) is 11.9. The van der Waals surface area contributed by atoms with Crippen LogP contribution in [0.3, 0.4) is 0 Å². The number of allylic oxidation sites excluding steroid dienone is 1. The summed E-state index contributed by atoms with van der Waals surface area (Å²) < 4.78 is 5.53. The number of esters is 1. The number of nitriles is 1. The van der Waals surface area contributed by atoms with Crippen molar-refractivity contribution in [2.75, 3.05) is 18.1 Å². The predicted octanol–water partition coefficient (Wildman–Crippen LogP) is 5.50. The van der Waals surface area contributed by atoms with Gasteiger partial charge < -0.3 is 4.74 Å². The van der Waals surface area contributed by atoms with Crippen molar-refractivity contribution in [1.29, 1.82) is 5.26 Å². The minimum absolute atomic E-state index is 0.134. The molecular weight excluding hydrogens is 458 g/mol. The minimum Gasteiger partial charge on any atom is -0.452 e. The monoisotopic (exact) mass is 479 g/mol. The summed E-state index contributed by atoms with van der Waals surface area (Å²) in [4.78, 5) is 33.5. The maximum Gasteiger partial charge on any atom is 0.339 e. The number of amides is 1. The topological polar surface area (TPSA) is 83.3 Å². The first-order chi connectivity index (χ1) is 17.2. The van der Waals surface area contributed by atoms with Gasteiger partial charge in [-0.15, -0.1) is 11.3 Å². The number of nitrogens with zero attached hydrogens (tertiary/aromatic N) is 3. The highest BCUT2D eigenvalue weighted by molar-refractivity contribution is 7.10. The van der Waals surface area contributed by atoms with Crippen LogP contribution in [-0.4, -0.2) is 30.0 Å². The van der Waals surface area contributed by atoms with Crippen LogP contribution in [0.1, 0.15) is 32.9 Å². The lowest BCUT2D eigenvalue weighted by atomic mass is 10.0. The van der Waals surface area contributed by atoms with Gasteiger partial charge in [-0.05, 0) is 59.7 Å². The largest absolute Gasteiger partial charge is 0.452 e. The number of aromatic nitrogens is 1. The second kappa shape index (κ2) is 9.92. The fourth-order valence-corrected chi connectivity index (χ4v) is 5.02. The minimum atomic E-state index is -0.560. The van der Waals surface area contributed by atoms with Gasteiger partial charge in [0.25, 0.3) is 5.91 Å². The van der Waals surface area contributed by atoms with Gasteiger partial charge in [0.15, 0.2) is 6.61 Å². The normalized spacial score (nSPS) is 13.4. The number of hydrogen-bond acceptors (Lipinski definition) is 6. The first-order valence-electron chi connectivity index (χ1n) is 11.2. The summed E-state index contributed by atoms with van der Waals surface area (Å²) in [6.45, 7) is -0.594. The summed E-state index contributed by atoms with van der Waals surface area (Å²) in [5.74, 6) is -1.02. The van der Waals surface area contributed by atoms with Crippen molar-refractivity contribution in [1.82, 2.24) is 4.98 Å². The highest BCUT2D eigenvalue weighted by Crippen LogP contribution is 2.38. The molecule has 0 atom stereocenters. The quantitative estimate of drug-likeness (QED) is 0.269. The molecule has 5 rings (SSSR count). The molecule has 2 aromatic carbocycles. The molecule has 0 radical (unpaired) electrons. The van der Waals surface area contributed by atoms with Gasteiger partial charge in [0, 0.05) is 16.0 Å². The Morgan fingerprint density at radius 3 is 2.63 bits per heavy atom. The molecule has 7 heteroatoms. The average Bonchev–Trinajstić information content (AvgIpc) is 3.55. The first kappa shape index (κ1) is 22.5. The zero-order chi connectivity index (χ0) is 24.2. The number of benzene rings is 2. The van der Waals surface area contributed by atoms with E-state index in [4.69, 9.17) is 9.72 Å². The smallest absolute Gasteiger partial charge is 0.339 e. The van der Waals surface area contributed by atoms with E-state index in [1.165, 1.54) is 4.90 Å². The third kappa shape index (κ3) is 4.57. The van der Waals surface area contributed by atoms with Crippen LogP contribution in [0.2, 0.25) is 0 Å². The summed E-state index contributed by atoms with van der Waals surface area (Å²) >= 11 is 1.65. The Bertz CT molecular complexity index is 1470. The maximum absolute atomic E-state index is 13.4. The van der Waals surface area contributed by atoms with Crippen LogP contribution in [0.5, 0.6) is 0 Å². The number of thiophene rings is 1. The Morgan fingerprint density at radius 1 is 1.06 bits per heavy atom. The van der Waals surface area contributed by atoms with Crippen molar-refractivity contribution < 1.29 is 14.3 Å². The SMILES string of the molecule is N#CCN(C(=O)COC(=O)c1c2c(nc3ccccc13)/C(=C/c1cccs1)CC2)c1ccccc1. The van der Waals surface area contributed by atoms with Crippen LogP contribution < -0.4 is 4.90 Å². The van der Waals surface area contributed by atoms with Crippen molar-refractivity contribution in [3.63, 3.8) is 0 Å². The maximum atomic E-state index is 13.4. The van der Waals surface area contributed by atoms with Crippen molar-refractivity contribution in [3.05, 3.63) is 93.8 Å². The fraction of sp³-hybridized carbons (Fsp3) is 0.143. The third-order valence-electron chi connectivity index (χ3n) is 5.93. The van der Waals surface area contributed by atoms with Gasteiger partial charge in [0.05, 0.1) is 22.8 Å². The molecule has 2 heterocycles. The molecular formula is C28H21N3O3S. The molecule has 172 valence electrons. The molecule has 0 bridgehead atoms. The highest BCUT2D eigenvalue weighted by atomic mass is 32.1. The van der Waals surface area contributed by atoms with E-state index in [0.29, 0.717) is 28.6 Å². The molecule has 0 saturated carbocycles. The lowest BCUT2D eigenvalue weighted by molar-refractivity contribution is -0.121. The molecule has 0 N–H and O–H groups in total. The number of ether oxygens (including phenoxy) is 1. The number of rotatable bonds is 6. The van der Waals surface area contributed by atoms with Crippen LogP contribution in [0.25, 0.3) is 22.6 Å². The molecule has 0 saturated heterocycles. The highest BCUT2D eigenvalue weighted by Gasteiger charge is 2.28. The predicted molar refractivity (Wildman–Crippen MR) is 137 cm³/mol. The molecule has 0 spiro atoms. The Balaban J connectivity index is 1.45. The summed E-state index contributed by atoms with van der Waals surface area (Å²) in [6.07, 6.45) is 3.57. The Morgan fingerprint density at radius 2 is 1.86 bits per heavy atom. The van der Waals surface area contributed by atoms with Gasteiger partial charge in [-0.2, -0.15) is 5.26 Å². The van der Waals surface area contributed by atoms with E-state index >= 15 is 0 Å². The molecule has 1 amide bonds. The number of fused-ring (bicyclic) bond motifs is 2. The molecule has 0 unspecified atom stereocenters. The Kier molecular flexibility index (Phi) is 6.38. The second-order valence-electron chi connectivity index (χ2n) is 8.07. The van der Waals surface area contributed by atoms with Crippen LogP contribution >= 0.6 is 11.3 Å². The molecule has 0 aliphatic heterocycles. The lowest BCUT2D eigenvalue weighted by Crippen LogP contribution is -2.35. The molecule has 1 aliphatic carbocycles. The number of para-hydroxylation sites is 2. The van der Waals surface area contributed by atoms with E-state index in [-0.39, 0.29) is 6.54 Å². The summed E-state index contributed by atoms with van der Waals surface area (Å²) in [7, 11) is 0. The zero-order valence-electron chi connectivity index (χ0n) is 18.8.